The Morgan fingerprint density at radius 3 is 2.45 bits per heavy atom. The van der Waals surface area contributed by atoms with Gasteiger partial charge in [-0.05, 0) is 44.9 Å². The molecule has 2 aromatic carbocycles. The Balaban J connectivity index is 1.66. The Bertz CT molecular complexity index is 936. The van der Waals surface area contributed by atoms with Crippen LogP contribution in [0, 0.1) is 13.8 Å². The largest absolute Gasteiger partial charge is 0.411 e. The summed E-state index contributed by atoms with van der Waals surface area (Å²) in [5.74, 6) is 0.434. The minimum atomic E-state index is -0.342. The lowest BCUT2D eigenvalue weighted by atomic mass is 10.0. The van der Waals surface area contributed by atoms with Gasteiger partial charge in [-0.15, -0.1) is 10.2 Å². The standard InChI is InChI=1S/C23H27N3O2S/c1-5-9-20(18-10-7-6-8-11-18)24-21(27)17(4)29-23-26-25-22(28-23)19-13-15(2)12-16(3)14-19/h6-8,10-14,17,20H,5,9H2,1-4H3,(H,24,27)/t17-,20-/m1/s1. The van der Waals surface area contributed by atoms with Crippen molar-refractivity contribution in [2.45, 2.75) is 57.1 Å². The first kappa shape index (κ1) is 21.1. The second-order valence-electron chi connectivity index (χ2n) is 7.27. The normalized spacial score (nSPS) is 13.1. The molecule has 0 spiro atoms. The second-order valence-corrected chi connectivity index (χ2v) is 8.56. The van der Waals surface area contributed by atoms with Gasteiger partial charge in [0.2, 0.25) is 11.8 Å². The Morgan fingerprint density at radius 2 is 1.79 bits per heavy atom. The molecule has 5 nitrogen and oxygen atoms in total. The maximum atomic E-state index is 12.8. The van der Waals surface area contributed by atoms with E-state index in [9.17, 15) is 4.79 Å². The van der Waals surface area contributed by atoms with E-state index in [4.69, 9.17) is 4.42 Å². The highest BCUT2D eigenvalue weighted by atomic mass is 32.2. The minimum Gasteiger partial charge on any atom is -0.411 e. The van der Waals surface area contributed by atoms with Crippen LogP contribution in [0.4, 0.5) is 0 Å². The van der Waals surface area contributed by atoms with Crippen LogP contribution in [0.1, 0.15) is 49.4 Å². The first-order chi connectivity index (χ1) is 14.0. The Morgan fingerprint density at radius 1 is 1.10 bits per heavy atom. The van der Waals surface area contributed by atoms with Gasteiger partial charge in [0.15, 0.2) is 0 Å². The molecule has 29 heavy (non-hydrogen) atoms. The van der Waals surface area contributed by atoms with Gasteiger partial charge in [0.05, 0.1) is 11.3 Å². The van der Waals surface area contributed by atoms with E-state index in [0.717, 1.165) is 35.1 Å². The van der Waals surface area contributed by atoms with Gasteiger partial charge in [0.1, 0.15) is 0 Å². The summed E-state index contributed by atoms with van der Waals surface area (Å²) in [6, 6.07) is 16.2. The zero-order valence-corrected chi connectivity index (χ0v) is 18.1. The van der Waals surface area contributed by atoms with Gasteiger partial charge < -0.3 is 9.73 Å². The van der Waals surface area contributed by atoms with Crippen molar-refractivity contribution in [2.24, 2.45) is 0 Å². The van der Waals surface area contributed by atoms with Gasteiger partial charge >= 0.3 is 0 Å². The second kappa shape index (κ2) is 9.74. The fraction of sp³-hybridized carbons (Fsp3) is 0.348. The summed E-state index contributed by atoms with van der Waals surface area (Å²) in [5, 5.41) is 11.5. The van der Waals surface area contributed by atoms with Crippen LogP contribution < -0.4 is 5.32 Å². The van der Waals surface area contributed by atoms with Crippen molar-refractivity contribution in [1.82, 2.24) is 15.5 Å². The third kappa shape index (κ3) is 5.70. The Kier molecular flexibility index (Phi) is 7.09. The SMILES string of the molecule is CCC[C@@H](NC(=O)[C@@H](C)Sc1nnc(-c2cc(C)cc(C)c2)o1)c1ccccc1. The lowest BCUT2D eigenvalue weighted by Crippen LogP contribution is -2.34. The van der Waals surface area contributed by atoms with Crippen molar-refractivity contribution >= 4 is 17.7 Å². The lowest BCUT2D eigenvalue weighted by molar-refractivity contribution is -0.121. The van der Waals surface area contributed by atoms with Gasteiger partial charge in [-0.3, -0.25) is 4.79 Å². The molecule has 0 aliphatic heterocycles. The average Bonchev–Trinajstić information content (AvgIpc) is 3.16. The molecule has 1 aromatic heterocycles. The number of nitrogens with zero attached hydrogens (tertiary/aromatic N) is 2. The third-order valence-electron chi connectivity index (χ3n) is 4.62. The fourth-order valence-corrected chi connectivity index (χ4v) is 3.95. The molecule has 0 bridgehead atoms. The number of carbonyl (C=O) groups is 1. The predicted molar refractivity (Wildman–Crippen MR) is 117 cm³/mol. The highest BCUT2D eigenvalue weighted by molar-refractivity contribution is 8.00. The number of rotatable bonds is 8. The van der Waals surface area contributed by atoms with E-state index in [1.54, 1.807) is 0 Å². The van der Waals surface area contributed by atoms with Crippen LogP contribution in [0.5, 0.6) is 0 Å². The molecule has 1 amide bonds. The number of hydrogen-bond acceptors (Lipinski definition) is 5. The van der Waals surface area contributed by atoms with Crippen LogP contribution in [-0.2, 0) is 4.79 Å². The summed E-state index contributed by atoms with van der Waals surface area (Å²) >= 11 is 1.28. The van der Waals surface area contributed by atoms with Gasteiger partial charge in [-0.2, -0.15) is 0 Å². The van der Waals surface area contributed by atoms with Gasteiger partial charge in [0, 0.05) is 5.56 Å². The van der Waals surface area contributed by atoms with E-state index in [-0.39, 0.29) is 17.2 Å². The average molecular weight is 410 g/mol. The Hall–Kier alpha value is -2.60. The van der Waals surface area contributed by atoms with Crippen molar-refractivity contribution in [1.29, 1.82) is 0 Å². The molecule has 0 radical (unpaired) electrons. The maximum absolute atomic E-state index is 12.8. The molecule has 6 heteroatoms. The van der Waals surface area contributed by atoms with E-state index in [0.29, 0.717) is 11.1 Å². The number of aromatic nitrogens is 2. The monoisotopic (exact) mass is 409 g/mol. The summed E-state index contributed by atoms with van der Waals surface area (Å²) < 4.78 is 5.80. The quantitative estimate of drug-likeness (QED) is 0.498. The van der Waals surface area contributed by atoms with Gasteiger partial charge in [-0.25, -0.2) is 0 Å². The molecule has 3 aromatic rings. The van der Waals surface area contributed by atoms with Crippen LogP contribution in [0.2, 0.25) is 0 Å². The molecule has 1 N–H and O–H groups in total. The summed E-state index contributed by atoms with van der Waals surface area (Å²) in [6.07, 6.45) is 1.88. The first-order valence-electron chi connectivity index (χ1n) is 9.90. The molecule has 0 saturated carbocycles. The number of amides is 1. The summed E-state index contributed by atoms with van der Waals surface area (Å²) in [7, 11) is 0. The minimum absolute atomic E-state index is 0.00488. The van der Waals surface area contributed by atoms with Crippen LogP contribution in [-0.4, -0.2) is 21.4 Å². The zero-order chi connectivity index (χ0) is 20.8. The number of aryl methyl sites for hydroxylation is 2. The molecular formula is C23H27N3O2S. The predicted octanol–water partition coefficient (Wildman–Crippen LogP) is 5.49. The van der Waals surface area contributed by atoms with Gasteiger partial charge in [-0.1, -0.05) is 72.6 Å². The number of benzene rings is 2. The number of thioether (sulfide) groups is 1. The van der Waals surface area contributed by atoms with E-state index >= 15 is 0 Å². The molecule has 0 aliphatic rings. The van der Waals surface area contributed by atoms with Crippen molar-refractivity contribution < 1.29 is 9.21 Å². The molecule has 152 valence electrons. The molecule has 0 unspecified atom stereocenters. The summed E-state index contributed by atoms with van der Waals surface area (Å²) in [5.41, 5.74) is 4.30. The molecule has 1 heterocycles. The number of nitrogens with one attached hydrogen (secondary N) is 1. The first-order valence-corrected chi connectivity index (χ1v) is 10.8. The summed E-state index contributed by atoms with van der Waals surface area (Å²) in [4.78, 5) is 12.8. The topological polar surface area (TPSA) is 68.0 Å². The van der Waals surface area contributed by atoms with Crippen LogP contribution in [0.15, 0.2) is 58.2 Å². The van der Waals surface area contributed by atoms with Crippen molar-refractivity contribution in [2.75, 3.05) is 0 Å². The van der Waals surface area contributed by atoms with Crippen molar-refractivity contribution in [3.63, 3.8) is 0 Å². The van der Waals surface area contributed by atoms with E-state index in [1.165, 1.54) is 11.8 Å². The number of carbonyl (C=O) groups excluding carboxylic acids is 1. The molecule has 0 fully saturated rings. The van der Waals surface area contributed by atoms with E-state index in [2.05, 4.69) is 28.5 Å². The smallest absolute Gasteiger partial charge is 0.277 e. The van der Waals surface area contributed by atoms with Gasteiger partial charge in [0.25, 0.3) is 5.22 Å². The molecular weight excluding hydrogens is 382 g/mol. The third-order valence-corrected chi connectivity index (χ3v) is 5.55. The zero-order valence-electron chi connectivity index (χ0n) is 17.3. The summed E-state index contributed by atoms with van der Waals surface area (Å²) in [6.45, 7) is 8.05. The maximum Gasteiger partial charge on any atom is 0.277 e. The highest BCUT2D eigenvalue weighted by Crippen LogP contribution is 2.28. The molecule has 0 saturated heterocycles. The number of hydrogen-bond donors (Lipinski definition) is 1. The van der Waals surface area contributed by atoms with Crippen LogP contribution in [0.3, 0.4) is 0 Å². The fourth-order valence-electron chi connectivity index (χ4n) is 3.26. The van der Waals surface area contributed by atoms with E-state index < -0.39 is 0 Å². The lowest BCUT2D eigenvalue weighted by Gasteiger charge is -2.20. The van der Waals surface area contributed by atoms with Crippen molar-refractivity contribution in [3.8, 4) is 11.5 Å². The molecule has 0 aliphatic carbocycles. The van der Waals surface area contributed by atoms with Crippen LogP contribution >= 0.6 is 11.8 Å². The highest BCUT2D eigenvalue weighted by Gasteiger charge is 2.22. The van der Waals surface area contributed by atoms with E-state index in [1.807, 2.05) is 63.2 Å². The molecule has 3 rings (SSSR count). The molecule has 2 atom stereocenters. The van der Waals surface area contributed by atoms with Crippen molar-refractivity contribution in [3.05, 3.63) is 65.2 Å². The Labute approximate surface area is 176 Å². The van der Waals surface area contributed by atoms with Crippen LogP contribution in [0.25, 0.3) is 11.5 Å².